The Morgan fingerprint density at radius 2 is 2.05 bits per heavy atom. The highest BCUT2D eigenvalue weighted by Crippen LogP contribution is 2.16. The number of urea groups is 1. The first-order chi connectivity index (χ1) is 9.56. The molecule has 2 rings (SSSR count). The number of carbonyl (C=O) groups excluding carboxylic acids is 1. The minimum atomic E-state index is -0.193. The molecule has 2 aromatic rings. The molecule has 2 amide bonds. The lowest BCUT2D eigenvalue weighted by molar-refractivity contribution is 0.237. The van der Waals surface area contributed by atoms with Gasteiger partial charge in [0, 0.05) is 17.7 Å². The molecule has 20 heavy (non-hydrogen) atoms. The van der Waals surface area contributed by atoms with Crippen LogP contribution in [0.3, 0.4) is 0 Å². The van der Waals surface area contributed by atoms with Crippen molar-refractivity contribution >= 4 is 22.0 Å². The van der Waals surface area contributed by atoms with E-state index in [2.05, 4.69) is 31.7 Å². The van der Waals surface area contributed by atoms with Crippen molar-refractivity contribution in [2.24, 2.45) is 7.05 Å². The van der Waals surface area contributed by atoms with E-state index in [-0.39, 0.29) is 12.1 Å². The number of aryl methyl sites for hydroxylation is 1. The predicted molar refractivity (Wildman–Crippen MR) is 81.1 cm³/mol. The molecule has 0 saturated carbocycles. The molecule has 0 unspecified atom stereocenters. The molecule has 1 aromatic heterocycles. The molecule has 0 aliphatic heterocycles. The fourth-order valence-electron chi connectivity index (χ4n) is 1.83. The van der Waals surface area contributed by atoms with Crippen molar-refractivity contribution < 1.29 is 4.79 Å². The van der Waals surface area contributed by atoms with Crippen molar-refractivity contribution in [2.45, 2.75) is 19.5 Å². The molecule has 2 N–H and O–H groups in total. The maximum Gasteiger partial charge on any atom is 0.315 e. The van der Waals surface area contributed by atoms with Crippen LogP contribution >= 0.6 is 15.9 Å². The Hall–Kier alpha value is -1.82. The lowest BCUT2D eigenvalue weighted by atomic mass is 10.1. The Bertz CT molecular complexity index is 579. The summed E-state index contributed by atoms with van der Waals surface area (Å²) in [7, 11) is 1.85. The second-order valence-corrected chi connectivity index (χ2v) is 5.46. The number of hydrogen-bond acceptors (Lipinski definition) is 2. The van der Waals surface area contributed by atoms with Gasteiger partial charge in [-0.25, -0.2) is 4.79 Å². The van der Waals surface area contributed by atoms with Gasteiger partial charge in [0.2, 0.25) is 0 Å². The number of nitrogens with one attached hydrogen (secondary N) is 2. The van der Waals surface area contributed by atoms with Crippen molar-refractivity contribution in [3.63, 3.8) is 0 Å². The highest BCUT2D eigenvalue weighted by atomic mass is 79.9. The molecule has 0 fully saturated rings. The number of carbonyl (C=O) groups is 1. The van der Waals surface area contributed by atoms with Gasteiger partial charge in [-0.15, -0.1) is 0 Å². The number of amides is 2. The van der Waals surface area contributed by atoms with Crippen LogP contribution in [0.15, 0.2) is 41.0 Å². The largest absolute Gasteiger partial charge is 0.333 e. The molecule has 0 bridgehead atoms. The number of halogens is 1. The van der Waals surface area contributed by atoms with E-state index in [0.29, 0.717) is 6.54 Å². The van der Waals surface area contributed by atoms with Gasteiger partial charge in [-0.2, -0.15) is 5.10 Å². The standard InChI is InChI=1S/C14H17BrN4O/c1-10(11-3-5-12(15)6-4-11)18-14(20)16-9-13-7-8-17-19(13)2/h3-8,10H,9H2,1-2H3,(H2,16,18,20)/t10-/m1/s1. The van der Waals surface area contributed by atoms with Crippen molar-refractivity contribution in [3.8, 4) is 0 Å². The number of aromatic nitrogens is 2. The molecule has 0 aliphatic rings. The van der Waals surface area contributed by atoms with E-state index in [0.717, 1.165) is 15.7 Å². The zero-order valence-electron chi connectivity index (χ0n) is 11.4. The van der Waals surface area contributed by atoms with Crippen molar-refractivity contribution in [1.29, 1.82) is 0 Å². The molecule has 1 aromatic carbocycles. The fraction of sp³-hybridized carbons (Fsp3) is 0.286. The average molecular weight is 337 g/mol. The Morgan fingerprint density at radius 3 is 2.65 bits per heavy atom. The van der Waals surface area contributed by atoms with Crippen LogP contribution in [0.5, 0.6) is 0 Å². The normalized spacial score (nSPS) is 11.9. The summed E-state index contributed by atoms with van der Waals surface area (Å²) in [6, 6.07) is 9.52. The van der Waals surface area contributed by atoms with Gasteiger partial charge < -0.3 is 10.6 Å². The Morgan fingerprint density at radius 1 is 1.35 bits per heavy atom. The minimum Gasteiger partial charge on any atom is -0.333 e. The number of nitrogens with zero attached hydrogens (tertiary/aromatic N) is 2. The average Bonchev–Trinajstić information content (AvgIpc) is 2.82. The van der Waals surface area contributed by atoms with E-state index < -0.39 is 0 Å². The number of rotatable bonds is 4. The molecule has 0 radical (unpaired) electrons. The third-order valence-corrected chi connectivity index (χ3v) is 3.60. The van der Waals surface area contributed by atoms with Gasteiger partial charge in [0.25, 0.3) is 0 Å². The van der Waals surface area contributed by atoms with Crippen LogP contribution in [0, 0.1) is 0 Å². The van der Waals surface area contributed by atoms with Crippen molar-refractivity contribution in [3.05, 3.63) is 52.3 Å². The summed E-state index contributed by atoms with van der Waals surface area (Å²) in [5.41, 5.74) is 2.01. The first kappa shape index (κ1) is 14.6. The molecule has 0 aliphatic carbocycles. The van der Waals surface area contributed by atoms with Crippen molar-refractivity contribution in [2.75, 3.05) is 0 Å². The van der Waals surface area contributed by atoms with Crippen LogP contribution in [0.25, 0.3) is 0 Å². The molecule has 1 atom stereocenters. The van der Waals surface area contributed by atoms with Gasteiger partial charge in [-0.1, -0.05) is 28.1 Å². The number of benzene rings is 1. The second kappa shape index (κ2) is 6.56. The quantitative estimate of drug-likeness (QED) is 0.901. The second-order valence-electron chi connectivity index (χ2n) is 4.55. The molecule has 0 saturated heterocycles. The highest BCUT2D eigenvalue weighted by molar-refractivity contribution is 9.10. The molecule has 1 heterocycles. The van der Waals surface area contributed by atoms with Gasteiger partial charge in [-0.05, 0) is 30.7 Å². The highest BCUT2D eigenvalue weighted by Gasteiger charge is 2.09. The van der Waals surface area contributed by atoms with E-state index in [1.54, 1.807) is 10.9 Å². The van der Waals surface area contributed by atoms with E-state index in [1.165, 1.54) is 0 Å². The first-order valence-electron chi connectivity index (χ1n) is 6.33. The van der Waals surface area contributed by atoms with Gasteiger partial charge >= 0.3 is 6.03 Å². The lowest BCUT2D eigenvalue weighted by Gasteiger charge is -2.15. The maximum absolute atomic E-state index is 11.8. The zero-order valence-corrected chi connectivity index (χ0v) is 13.0. The minimum absolute atomic E-state index is 0.0466. The van der Waals surface area contributed by atoms with E-state index >= 15 is 0 Å². The monoisotopic (exact) mass is 336 g/mol. The lowest BCUT2D eigenvalue weighted by Crippen LogP contribution is -2.37. The Kier molecular flexibility index (Phi) is 4.79. The smallest absolute Gasteiger partial charge is 0.315 e. The molecule has 0 spiro atoms. The third kappa shape index (κ3) is 3.84. The summed E-state index contributed by atoms with van der Waals surface area (Å²) in [5, 5.41) is 9.77. The fourth-order valence-corrected chi connectivity index (χ4v) is 2.09. The van der Waals surface area contributed by atoms with Crippen LogP contribution < -0.4 is 10.6 Å². The Balaban J connectivity index is 1.85. The van der Waals surface area contributed by atoms with Gasteiger partial charge in [0.1, 0.15) is 0 Å². The van der Waals surface area contributed by atoms with E-state index in [4.69, 9.17) is 0 Å². The van der Waals surface area contributed by atoms with Crippen LogP contribution in [0.4, 0.5) is 4.79 Å². The third-order valence-electron chi connectivity index (χ3n) is 3.07. The topological polar surface area (TPSA) is 59.0 Å². The molecular weight excluding hydrogens is 320 g/mol. The first-order valence-corrected chi connectivity index (χ1v) is 7.12. The zero-order chi connectivity index (χ0) is 14.5. The maximum atomic E-state index is 11.8. The van der Waals surface area contributed by atoms with Crippen LogP contribution in [-0.4, -0.2) is 15.8 Å². The predicted octanol–water partition coefficient (Wildman–Crippen LogP) is 2.74. The van der Waals surface area contributed by atoms with Crippen molar-refractivity contribution in [1.82, 2.24) is 20.4 Å². The summed E-state index contributed by atoms with van der Waals surface area (Å²) >= 11 is 3.39. The summed E-state index contributed by atoms with van der Waals surface area (Å²) in [6.07, 6.45) is 1.71. The summed E-state index contributed by atoms with van der Waals surface area (Å²) in [5.74, 6) is 0. The molecular formula is C14H17BrN4O. The van der Waals surface area contributed by atoms with Gasteiger partial charge in [0.15, 0.2) is 0 Å². The Labute approximate surface area is 126 Å². The molecule has 6 heteroatoms. The van der Waals surface area contributed by atoms with Gasteiger partial charge in [-0.3, -0.25) is 4.68 Å². The number of hydrogen-bond donors (Lipinski definition) is 2. The molecule has 106 valence electrons. The summed E-state index contributed by atoms with van der Waals surface area (Å²) in [4.78, 5) is 11.8. The van der Waals surface area contributed by atoms with E-state index in [9.17, 15) is 4.79 Å². The summed E-state index contributed by atoms with van der Waals surface area (Å²) < 4.78 is 2.76. The van der Waals surface area contributed by atoms with Crippen LogP contribution in [-0.2, 0) is 13.6 Å². The van der Waals surface area contributed by atoms with Gasteiger partial charge in [0.05, 0.1) is 18.3 Å². The summed E-state index contributed by atoms with van der Waals surface area (Å²) in [6.45, 7) is 2.41. The van der Waals surface area contributed by atoms with E-state index in [1.807, 2.05) is 44.3 Å². The molecule has 5 nitrogen and oxygen atoms in total. The SMILES string of the molecule is C[C@@H](NC(=O)NCc1ccnn1C)c1ccc(Br)cc1. The van der Waals surface area contributed by atoms with Crippen LogP contribution in [0.1, 0.15) is 24.2 Å². The van der Waals surface area contributed by atoms with Crippen LogP contribution in [0.2, 0.25) is 0 Å².